The Morgan fingerprint density at radius 1 is 1.18 bits per heavy atom. The van der Waals surface area contributed by atoms with Crippen LogP contribution >= 0.6 is 23.1 Å². The van der Waals surface area contributed by atoms with Crippen LogP contribution in [0.2, 0.25) is 0 Å². The second-order valence-corrected chi connectivity index (χ2v) is 7.78. The first-order chi connectivity index (χ1) is 13.7. The molecule has 1 N–H and O–H groups in total. The highest BCUT2D eigenvalue weighted by atomic mass is 32.2. The summed E-state index contributed by atoms with van der Waals surface area (Å²) in [4.78, 5) is 18.5. The zero-order chi connectivity index (χ0) is 19.9. The number of amides is 1. The minimum atomic E-state index is -0.101. The number of rotatable bonds is 9. The number of hydrogen-bond donors (Lipinski definition) is 1. The molecule has 148 valence electrons. The van der Waals surface area contributed by atoms with Gasteiger partial charge in [-0.25, -0.2) is 4.98 Å². The Balaban J connectivity index is 1.70. The summed E-state index contributed by atoms with van der Waals surface area (Å²) in [5.74, 6) is 0.977. The molecule has 1 amide bonds. The number of thioether (sulfide) groups is 1. The molecule has 0 aliphatic rings. The van der Waals surface area contributed by atoms with Gasteiger partial charge in [-0.15, -0.1) is 21.5 Å². The van der Waals surface area contributed by atoms with E-state index in [1.807, 2.05) is 9.95 Å². The summed E-state index contributed by atoms with van der Waals surface area (Å²) >= 11 is 2.78. The molecule has 0 atom stereocenters. The minimum absolute atomic E-state index is 0.101. The summed E-state index contributed by atoms with van der Waals surface area (Å²) in [5.41, 5.74) is 2.22. The van der Waals surface area contributed by atoms with Gasteiger partial charge in [-0.05, 0) is 45.0 Å². The summed E-state index contributed by atoms with van der Waals surface area (Å²) < 4.78 is 2.04. The van der Waals surface area contributed by atoms with Crippen LogP contribution < -0.4 is 10.2 Å². The number of hydrogen-bond acceptors (Lipinski definition) is 7. The number of benzene rings is 1. The fourth-order valence-corrected chi connectivity index (χ4v) is 4.22. The number of carbonyl (C=O) groups is 1. The van der Waals surface area contributed by atoms with Crippen molar-refractivity contribution in [1.29, 1.82) is 0 Å². The molecule has 0 aliphatic carbocycles. The molecule has 0 fully saturated rings. The average Bonchev–Trinajstić information content (AvgIpc) is 3.37. The van der Waals surface area contributed by atoms with E-state index >= 15 is 0 Å². The molecule has 9 heteroatoms. The van der Waals surface area contributed by atoms with Crippen LogP contribution in [-0.2, 0) is 11.3 Å². The van der Waals surface area contributed by atoms with Crippen molar-refractivity contribution in [2.75, 3.05) is 29.1 Å². The minimum Gasteiger partial charge on any atom is -0.372 e. The summed E-state index contributed by atoms with van der Waals surface area (Å²) in [6.07, 6.45) is 1.67. The van der Waals surface area contributed by atoms with Gasteiger partial charge in [0.05, 0.1) is 5.75 Å². The molecule has 2 aromatic heterocycles. The zero-order valence-electron chi connectivity index (χ0n) is 16.3. The molecule has 3 aromatic rings. The maximum Gasteiger partial charge on any atom is 0.236 e. The van der Waals surface area contributed by atoms with E-state index in [0.717, 1.165) is 36.2 Å². The van der Waals surface area contributed by atoms with E-state index in [-0.39, 0.29) is 11.7 Å². The van der Waals surface area contributed by atoms with Crippen molar-refractivity contribution in [3.63, 3.8) is 0 Å². The number of carbonyl (C=O) groups excluding carboxylic acids is 1. The highest BCUT2D eigenvalue weighted by Crippen LogP contribution is 2.26. The molecule has 1 aromatic carbocycles. The van der Waals surface area contributed by atoms with Crippen LogP contribution in [0, 0.1) is 0 Å². The van der Waals surface area contributed by atoms with Crippen LogP contribution in [0.1, 0.15) is 20.8 Å². The van der Waals surface area contributed by atoms with E-state index < -0.39 is 0 Å². The molecule has 0 unspecified atom stereocenters. The fourth-order valence-electron chi connectivity index (χ4n) is 2.87. The van der Waals surface area contributed by atoms with E-state index in [4.69, 9.17) is 0 Å². The maximum absolute atomic E-state index is 12.1. The summed E-state index contributed by atoms with van der Waals surface area (Å²) in [5, 5.41) is 14.6. The van der Waals surface area contributed by atoms with Gasteiger partial charge in [0.1, 0.15) is 0 Å². The molecule has 0 saturated heterocycles. The van der Waals surface area contributed by atoms with Crippen LogP contribution in [0.15, 0.2) is 41.0 Å². The third-order valence-electron chi connectivity index (χ3n) is 4.30. The van der Waals surface area contributed by atoms with E-state index in [0.29, 0.717) is 5.13 Å². The Hall–Kier alpha value is -2.39. The van der Waals surface area contributed by atoms with Crippen LogP contribution in [0.25, 0.3) is 11.4 Å². The topological polar surface area (TPSA) is 75.9 Å². The van der Waals surface area contributed by atoms with Gasteiger partial charge in [0.25, 0.3) is 0 Å². The summed E-state index contributed by atoms with van der Waals surface area (Å²) in [7, 11) is 0. The van der Waals surface area contributed by atoms with E-state index in [1.165, 1.54) is 28.8 Å². The van der Waals surface area contributed by atoms with E-state index in [2.05, 4.69) is 70.4 Å². The van der Waals surface area contributed by atoms with Gasteiger partial charge < -0.3 is 14.8 Å². The Morgan fingerprint density at radius 2 is 1.93 bits per heavy atom. The fraction of sp³-hybridized carbons (Fsp3) is 0.368. The largest absolute Gasteiger partial charge is 0.372 e. The smallest absolute Gasteiger partial charge is 0.236 e. The summed E-state index contributed by atoms with van der Waals surface area (Å²) in [6, 6.07) is 8.39. The van der Waals surface area contributed by atoms with Gasteiger partial charge in [0.2, 0.25) is 5.91 Å². The highest BCUT2D eigenvalue weighted by molar-refractivity contribution is 7.99. The second-order valence-electron chi connectivity index (χ2n) is 5.94. The quantitative estimate of drug-likeness (QED) is 0.532. The van der Waals surface area contributed by atoms with Crippen LogP contribution in [-0.4, -0.2) is 44.5 Å². The molecule has 28 heavy (non-hydrogen) atoms. The molecule has 0 radical (unpaired) electrons. The number of aromatic nitrogens is 4. The van der Waals surface area contributed by atoms with Crippen molar-refractivity contribution >= 4 is 39.8 Å². The molecular weight excluding hydrogens is 392 g/mol. The van der Waals surface area contributed by atoms with Crippen molar-refractivity contribution in [3.05, 3.63) is 35.8 Å². The number of nitrogens with zero attached hydrogens (tertiary/aromatic N) is 5. The van der Waals surface area contributed by atoms with Crippen LogP contribution in [0.4, 0.5) is 10.8 Å². The Labute approximate surface area is 173 Å². The van der Waals surface area contributed by atoms with Gasteiger partial charge in [0.15, 0.2) is 16.1 Å². The molecule has 3 rings (SSSR count). The van der Waals surface area contributed by atoms with Crippen LogP contribution in [0.3, 0.4) is 0 Å². The van der Waals surface area contributed by atoms with Crippen LogP contribution in [0.5, 0.6) is 0 Å². The molecular formula is C19H24N6OS2. The third kappa shape index (κ3) is 4.71. The molecule has 0 saturated carbocycles. The van der Waals surface area contributed by atoms with Crippen molar-refractivity contribution in [2.45, 2.75) is 32.5 Å². The second kappa shape index (κ2) is 9.70. The zero-order valence-corrected chi connectivity index (χ0v) is 17.9. The number of thiazole rings is 1. The van der Waals surface area contributed by atoms with Gasteiger partial charge in [-0.3, -0.25) is 4.79 Å². The Kier molecular flexibility index (Phi) is 7.05. The normalized spacial score (nSPS) is 10.8. The Morgan fingerprint density at radius 3 is 2.54 bits per heavy atom. The molecule has 0 aliphatic heterocycles. The molecule has 7 nitrogen and oxygen atoms in total. The van der Waals surface area contributed by atoms with Gasteiger partial charge in [0, 0.05) is 42.5 Å². The molecule has 2 heterocycles. The first kappa shape index (κ1) is 20.3. The number of nitrogens with one attached hydrogen (secondary N) is 1. The van der Waals surface area contributed by atoms with Gasteiger partial charge in [-0.1, -0.05) is 11.8 Å². The average molecular weight is 417 g/mol. The van der Waals surface area contributed by atoms with Crippen molar-refractivity contribution < 1.29 is 4.79 Å². The lowest BCUT2D eigenvalue weighted by Crippen LogP contribution is -2.21. The molecule has 0 spiro atoms. The van der Waals surface area contributed by atoms with Crippen molar-refractivity contribution in [2.24, 2.45) is 0 Å². The van der Waals surface area contributed by atoms with E-state index in [9.17, 15) is 4.79 Å². The third-order valence-corrected chi connectivity index (χ3v) is 5.95. The lowest BCUT2D eigenvalue weighted by Gasteiger charge is -2.21. The standard InChI is InChI=1S/C19H24N6OS2/c1-4-24(5-2)15-9-7-14(8-10-15)17-22-23-19(25(17)6-3)28-13-16(26)21-18-20-11-12-27-18/h7-12H,4-6,13H2,1-3H3,(H,20,21,26). The van der Waals surface area contributed by atoms with Gasteiger partial charge >= 0.3 is 0 Å². The van der Waals surface area contributed by atoms with Crippen molar-refractivity contribution in [3.8, 4) is 11.4 Å². The monoisotopic (exact) mass is 416 g/mol. The SMILES string of the molecule is CCN(CC)c1ccc(-c2nnc(SCC(=O)Nc3nccs3)n2CC)cc1. The predicted molar refractivity (Wildman–Crippen MR) is 116 cm³/mol. The maximum atomic E-state index is 12.1. The van der Waals surface area contributed by atoms with Gasteiger partial charge in [-0.2, -0.15) is 0 Å². The highest BCUT2D eigenvalue weighted by Gasteiger charge is 2.15. The molecule has 0 bridgehead atoms. The van der Waals surface area contributed by atoms with E-state index in [1.54, 1.807) is 6.20 Å². The lowest BCUT2D eigenvalue weighted by atomic mass is 10.2. The number of anilines is 2. The lowest BCUT2D eigenvalue weighted by molar-refractivity contribution is -0.113. The first-order valence-corrected chi connectivity index (χ1v) is 11.1. The predicted octanol–water partition coefficient (Wildman–Crippen LogP) is 4.00. The Bertz CT molecular complexity index is 888. The summed E-state index contributed by atoms with van der Waals surface area (Å²) in [6.45, 7) is 9.04. The first-order valence-electron chi connectivity index (χ1n) is 9.26. The van der Waals surface area contributed by atoms with Crippen molar-refractivity contribution in [1.82, 2.24) is 19.7 Å².